The third-order valence-electron chi connectivity index (χ3n) is 0. The Morgan fingerprint density at radius 2 is 0.800 bits per heavy atom. The van der Waals surface area contributed by atoms with Gasteiger partial charge in [0.25, 0.3) is 0 Å². The van der Waals surface area contributed by atoms with Crippen molar-refractivity contribution < 1.29 is 135 Å². The Kier molecular flexibility index (Phi) is 1670. The molecular weight excluding hydrogens is 372 g/mol. The minimum atomic E-state index is 0. The molecule has 0 aromatic rings. The van der Waals surface area contributed by atoms with Gasteiger partial charge < -0.3 is 76.0 Å². The number of rotatable bonds is 0. The average molecular weight is 381 g/mol. The van der Waals surface area contributed by atoms with Crippen LogP contribution in [0, 0.1) is 0 Å². The Labute approximate surface area is 219 Å². The zero-order chi connectivity index (χ0) is 2.71. The molecule has 0 spiro atoms. The van der Waals surface area contributed by atoms with Gasteiger partial charge in [-0.25, -0.2) is 0 Å². The van der Waals surface area contributed by atoms with Crippen molar-refractivity contribution in [3.8, 4) is 0 Å². The van der Waals surface area contributed by atoms with Gasteiger partial charge in [-0.15, -0.1) is 0 Å². The van der Waals surface area contributed by atoms with Crippen LogP contribution in [-0.4, -0.2) is 103 Å². The quantitative estimate of drug-likeness (QED) is 0.330. The SMILES string of the molecule is C.O.O=[C-]O.[Ca+2].[Ca+2].[Cl-].[Cl-].[Cl-].[Cl-].[Na+].[Na+].[OH-].[OH-]. The Balaban J connectivity index is -0.000000000303. The molecule has 0 fully saturated rings. The molecule has 0 radical (unpaired) electrons. The van der Waals surface area contributed by atoms with Gasteiger partial charge >= 0.3 is 135 Å². The molecule has 0 heterocycles. The van der Waals surface area contributed by atoms with E-state index in [-0.39, 0.29) is 208 Å². The summed E-state index contributed by atoms with van der Waals surface area (Å²) in [6.07, 6.45) is 0. The topological polar surface area (TPSA) is 129 Å². The molecular formula is C2H9Ca2Cl4Na2O5-. The monoisotopic (exact) mass is 379 g/mol. The molecule has 0 aromatic heterocycles. The standard InChI is InChI=1S/CHO2.CH4.2Ca.4ClH.2Na.3H2O/c2-1-3;;;;;;;;;;;;/h(H,2,3);1H4;;;4*1H;;;3*1H2/q-1;;2*+2;;;;;2*+1;;;/p-6. The van der Waals surface area contributed by atoms with Gasteiger partial charge in [-0.05, 0) is 0 Å². The summed E-state index contributed by atoms with van der Waals surface area (Å²) in [7, 11) is 0. The predicted molar refractivity (Wildman–Crippen MR) is 34.0 cm³/mol. The average Bonchev–Trinajstić information content (AvgIpc) is 0.918. The Morgan fingerprint density at radius 1 is 0.800 bits per heavy atom. The van der Waals surface area contributed by atoms with E-state index < -0.39 is 0 Å². The van der Waals surface area contributed by atoms with Gasteiger partial charge in [-0.3, -0.25) is 0 Å². The van der Waals surface area contributed by atoms with Crippen LogP contribution in [0.15, 0.2) is 0 Å². The van der Waals surface area contributed by atoms with Gasteiger partial charge in [-0.2, -0.15) is 0 Å². The number of hydrogen-bond acceptors (Lipinski definition) is 3. The fourth-order valence-electron chi connectivity index (χ4n) is 0. The maximum Gasteiger partial charge on any atom is 2.00 e. The summed E-state index contributed by atoms with van der Waals surface area (Å²) >= 11 is 0. The number of hydrogen-bond donors (Lipinski definition) is 1. The van der Waals surface area contributed by atoms with Gasteiger partial charge in [0.15, 0.2) is 0 Å². The number of aliphatic hydroxyl groups excluding tert-OH is 1. The normalized spacial score (nSPS) is 0.800. The molecule has 0 saturated heterocycles. The summed E-state index contributed by atoms with van der Waals surface area (Å²) < 4.78 is 0. The molecule has 0 bridgehead atoms. The van der Waals surface area contributed by atoms with Crippen molar-refractivity contribution in [3.05, 3.63) is 0 Å². The summed E-state index contributed by atoms with van der Waals surface area (Å²) in [5.41, 5.74) is 0. The van der Waals surface area contributed by atoms with Crippen LogP contribution in [0.3, 0.4) is 0 Å². The summed E-state index contributed by atoms with van der Waals surface area (Å²) in [6.45, 7) is 0.500. The third-order valence-corrected chi connectivity index (χ3v) is 0. The molecule has 0 aliphatic carbocycles. The molecule has 0 saturated carbocycles. The first-order valence-electron chi connectivity index (χ1n) is 0.428. The molecule has 0 aromatic carbocycles. The molecule has 5 N–H and O–H groups in total. The van der Waals surface area contributed by atoms with Gasteiger partial charge in [0.1, 0.15) is 0 Å². The molecule has 82 valence electrons. The van der Waals surface area contributed by atoms with Crippen molar-refractivity contribution in [2.75, 3.05) is 0 Å². The zero-order valence-electron chi connectivity index (χ0n) is 7.68. The number of halogens is 4. The molecule has 13 heteroatoms. The first-order chi connectivity index (χ1) is 1.41. The van der Waals surface area contributed by atoms with Crippen LogP contribution in [0.5, 0.6) is 0 Å². The van der Waals surface area contributed by atoms with Crippen LogP contribution in [0.4, 0.5) is 0 Å². The van der Waals surface area contributed by atoms with Crippen LogP contribution in [0.1, 0.15) is 7.43 Å². The van der Waals surface area contributed by atoms with E-state index in [4.69, 9.17) is 9.90 Å². The molecule has 0 unspecified atom stereocenters. The van der Waals surface area contributed by atoms with Crippen molar-refractivity contribution in [2.24, 2.45) is 0 Å². The summed E-state index contributed by atoms with van der Waals surface area (Å²) in [6, 6.07) is 0. The van der Waals surface area contributed by atoms with Crippen molar-refractivity contribution in [1.82, 2.24) is 0 Å². The largest absolute Gasteiger partial charge is 2.00 e. The first-order valence-corrected chi connectivity index (χ1v) is 0.428. The Hall–Kier alpha value is 5.03. The molecule has 5 nitrogen and oxygen atoms in total. The predicted octanol–water partition coefficient (Wildman–Crippen LogP) is -19.7. The van der Waals surface area contributed by atoms with Gasteiger partial charge in [0.05, 0.1) is 0 Å². The van der Waals surface area contributed by atoms with E-state index in [1.165, 1.54) is 0 Å². The molecule has 15 heavy (non-hydrogen) atoms. The van der Waals surface area contributed by atoms with E-state index in [2.05, 4.69) is 0 Å². The molecule has 0 amide bonds. The van der Waals surface area contributed by atoms with Gasteiger partial charge in [-0.1, -0.05) is 13.9 Å². The van der Waals surface area contributed by atoms with Crippen LogP contribution >= 0.6 is 0 Å². The fourth-order valence-corrected chi connectivity index (χ4v) is 0. The van der Waals surface area contributed by atoms with Crippen LogP contribution in [-0.2, 0) is 4.79 Å². The van der Waals surface area contributed by atoms with Crippen molar-refractivity contribution in [1.29, 1.82) is 0 Å². The van der Waals surface area contributed by atoms with Crippen LogP contribution in [0.2, 0.25) is 0 Å². The first kappa shape index (κ1) is 147. The van der Waals surface area contributed by atoms with E-state index in [9.17, 15) is 0 Å². The maximum absolute atomic E-state index is 8.24. The van der Waals surface area contributed by atoms with E-state index in [1.54, 1.807) is 0 Å². The summed E-state index contributed by atoms with van der Waals surface area (Å²) in [4.78, 5) is 8.24. The zero-order valence-corrected chi connectivity index (χ0v) is 19.1. The third kappa shape index (κ3) is 218. The summed E-state index contributed by atoms with van der Waals surface area (Å²) in [5.74, 6) is 0. The molecule has 0 aliphatic rings. The van der Waals surface area contributed by atoms with Crippen molar-refractivity contribution in [2.45, 2.75) is 7.43 Å². The minimum absolute atomic E-state index is 0. The van der Waals surface area contributed by atoms with Crippen LogP contribution in [0.25, 0.3) is 0 Å². The van der Waals surface area contributed by atoms with E-state index in [0.29, 0.717) is 6.47 Å². The fraction of sp³-hybridized carbons (Fsp3) is 0.500. The van der Waals surface area contributed by atoms with E-state index in [0.717, 1.165) is 0 Å². The van der Waals surface area contributed by atoms with Crippen LogP contribution < -0.4 is 109 Å². The Bertz CT molecular complexity index is 40.5. The second-order valence-electron chi connectivity index (χ2n) is 0.0913. The van der Waals surface area contributed by atoms with Gasteiger partial charge in [0.2, 0.25) is 0 Å². The molecule has 0 aliphatic heterocycles. The minimum Gasteiger partial charge on any atom is -1.00 e. The smallest absolute Gasteiger partial charge is 1.00 e. The van der Waals surface area contributed by atoms with E-state index >= 15 is 0 Å². The maximum atomic E-state index is 8.24. The van der Waals surface area contributed by atoms with Crippen molar-refractivity contribution in [3.63, 3.8) is 0 Å². The van der Waals surface area contributed by atoms with Gasteiger partial charge in [0, 0.05) is 0 Å². The summed E-state index contributed by atoms with van der Waals surface area (Å²) in [5, 5.41) is 6.76. The van der Waals surface area contributed by atoms with E-state index in [1.807, 2.05) is 0 Å². The molecule has 0 rings (SSSR count). The van der Waals surface area contributed by atoms with Crippen molar-refractivity contribution >= 4 is 81.9 Å². The second kappa shape index (κ2) is 170. The Morgan fingerprint density at radius 3 is 0.800 bits per heavy atom. The second-order valence-corrected chi connectivity index (χ2v) is 0.0913. The molecule has 0 atom stereocenters.